The first-order chi connectivity index (χ1) is 14.7. The minimum atomic E-state index is -3.75. The maximum absolute atomic E-state index is 12.7. The topological polar surface area (TPSA) is 120 Å². The fourth-order valence-corrected chi connectivity index (χ4v) is 4.63. The standard InChI is InChI=1S/C20H24N4O5S2/c1-3-30(25,26)13-12-29-19-8-10-20(11-9-19)31(27,28)23-16(2)17-4-6-18(7-5-17)24-15-21-14-22-24/h4-11,14-16,23H,3,12-13H2,1-2H3. The fraction of sp³-hybridized carbons (Fsp3) is 0.300. The Morgan fingerprint density at radius 1 is 1.03 bits per heavy atom. The molecule has 3 rings (SSSR count). The molecule has 1 N–H and O–H groups in total. The first kappa shape index (κ1) is 22.9. The average molecular weight is 465 g/mol. The summed E-state index contributed by atoms with van der Waals surface area (Å²) >= 11 is 0. The van der Waals surface area contributed by atoms with Crippen molar-refractivity contribution >= 4 is 19.9 Å². The van der Waals surface area contributed by atoms with Crippen LogP contribution in [0.3, 0.4) is 0 Å². The lowest BCUT2D eigenvalue weighted by molar-refractivity contribution is 0.340. The molecule has 1 aromatic heterocycles. The Morgan fingerprint density at radius 3 is 2.29 bits per heavy atom. The molecule has 0 fully saturated rings. The highest BCUT2D eigenvalue weighted by atomic mass is 32.2. The lowest BCUT2D eigenvalue weighted by Crippen LogP contribution is -2.26. The summed E-state index contributed by atoms with van der Waals surface area (Å²) in [6.45, 7) is 3.35. The van der Waals surface area contributed by atoms with Crippen LogP contribution in [0.25, 0.3) is 5.69 Å². The number of hydrogen-bond donors (Lipinski definition) is 1. The molecule has 0 aliphatic heterocycles. The van der Waals surface area contributed by atoms with Gasteiger partial charge in [0.25, 0.3) is 0 Å². The van der Waals surface area contributed by atoms with Crippen molar-refractivity contribution in [3.63, 3.8) is 0 Å². The Bertz CT molecular complexity index is 1190. The highest BCUT2D eigenvalue weighted by Gasteiger charge is 2.18. The lowest BCUT2D eigenvalue weighted by Gasteiger charge is -2.15. The fourth-order valence-electron chi connectivity index (χ4n) is 2.77. The van der Waals surface area contributed by atoms with Crippen LogP contribution in [-0.2, 0) is 19.9 Å². The van der Waals surface area contributed by atoms with Crippen molar-refractivity contribution in [1.82, 2.24) is 19.5 Å². The van der Waals surface area contributed by atoms with E-state index in [0.717, 1.165) is 11.3 Å². The molecule has 2 aromatic carbocycles. The molecule has 0 saturated carbocycles. The second-order valence-electron chi connectivity index (χ2n) is 6.83. The van der Waals surface area contributed by atoms with Crippen molar-refractivity contribution in [2.24, 2.45) is 0 Å². The van der Waals surface area contributed by atoms with Crippen molar-refractivity contribution in [2.75, 3.05) is 18.1 Å². The molecule has 1 unspecified atom stereocenters. The van der Waals surface area contributed by atoms with Gasteiger partial charge in [0.2, 0.25) is 10.0 Å². The Kier molecular flexibility index (Phi) is 7.08. The SMILES string of the molecule is CCS(=O)(=O)CCOc1ccc(S(=O)(=O)NC(C)c2ccc(-n3cncn3)cc2)cc1. The van der Waals surface area contributed by atoms with Crippen LogP contribution in [0, 0.1) is 0 Å². The highest BCUT2D eigenvalue weighted by molar-refractivity contribution is 7.91. The Balaban J connectivity index is 1.62. The molecule has 0 bridgehead atoms. The second-order valence-corrected chi connectivity index (χ2v) is 11.0. The van der Waals surface area contributed by atoms with Gasteiger partial charge in [0.1, 0.15) is 25.0 Å². The van der Waals surface area contributed by atoms with Gasteiger partial charge in [-0.3, -0.25) is 0 Å². The van der Waals surface area contributed by atoms with Gasteiger partial charge in [-0.1, -0.05) is 19.1 Å². The van der Waals surface area contributed by atoms with E-state index in [9.17, 15) is 16.8 Å². The molecule has 0 aliphatic carbocycles. The average Bonchev–Trinajstić information content (AvgIpc) is 3.29. The molecule has 0 spiro atoms. The van der Waals surface area contributed by atoms with Gasteiger partial charge in [-0.25, -0.2) is 31.2 Å². The van der Waals surface area contributed by atoms with Gasteiger partial charge >= 0.3 is 0 Å². The third-order valence-electron chi connectivity index (χ3n) is 4.65. The highest BCUT2D eigenvalue weighted by Crippen LogP contribution is 2.20. The minimum Gasteiger partial charge on any atom is -0.493 e. The van der Waals surface area contributed by atoms with Crippen LogP contribution >= 0.6 is 0 Å². The largest absolute Gasteiger partial charge is 0.493 e. The predicted molar refractivity (Wildman–Crippen MR) is 116 cm³/mol. The maximum Gasteiger partial charge on any atom is 0.241 e. The smallest absolute Gasteiger partial charge is 0.241 e. The molecular weight excluding hydrogens is 440 g/mol. The molecule has 3 aromatic rings. The third-order valence-corrected chi connectivity index (χ3v) is 7.87. The summed E-state index contributed by atoms with van der Waals surface area (Å²) < 4.78 is 58.1. The van der Waals surface area contributed by atoms with E-state index in [1.54, 1.807) is 24.9 Å². The van der Waals surface area contributed by atoms with Crippen LogP contribution in [0.1, 0.15) is 25.5 Å². The molecule has 0 radical (unpaired) electrons. The van der Waals surface area contributed by atoms with Crippen molar-refractivity contribution < 1.29 is 21.6 Å². The van der Waals surface area contributed by atoms with E-state index in [1.165, 1.54) is 30.6 Å². The summed E-state index contributed by atoms with van der Waals surface area (Å²) in [6.07, 6.45) is 3.02. The molecule has 0 amide bonds. The monoisotopic (exact) mass is 464 g/mol. The molecule has 31 heavy (non-hydrogen) atoms. The van der Waals surface area contributed by atoms with Crippen LogP contribution < -0.4 is 9.46 Å². The van der Waals surface area contributed by atoms with E-state index in [-0.39, 0.29) is 23.0 Å². The minimum absolute atomic E-state index is 0.0160. The van der Waals surface area contributed by atoms with Gasteiger partial charge in [0.05, 0.1) is 16.3 Å². The summed E-state index contributed by atoms with van der Waals surface area (Å²) in [6, 6.07) is 12.7. The van der Waals surface area contributed by atoms with Crippen molar-refractivity contribution in [3.05, 3.63) is 66.7 Å². The number of nitrogens with zero attached hydrogens (tertiary/aromatic N) is 3. The van der Waals surface area contributed by atoms with Gasteiger partial charge in [-0.05, 0) is 48.9 Å². The number of sulfonamides is 1. The quantitative estimate of drug-likeness (QED) is 0.488. The summed E-state index contributed by atoms with van der Waals surface area (Å²) in [5, 5.41) is 4.06. The number of sulfone groups is 1. The van der Waals surface area contributed by atoms with Crippen LogP contribution in [0.4, 0.5) is 0 Å². The molecule has 1 atom stereocenters. The first-order valence-electron chi connectivity index (χ1n) is 9.61. The van der Waals surface area contributed by atoms with Gasteiger partial charge in [0.15, 0.2) is 9.84 Å². The summed E-state index contributed by atoms with van der Waals surface area (Å²) in [4.78, 5) is 3.99. The zero-order valence-electron chi connectivity index (χ0n) is 17.2. The zero-order chi connectivity index (χ0) is 22.5. The van der Waals surface area contributed by atoms with Crippen molar-refractivity contribution in [3.8, 4) is 11.4 Å². The number of rotatable bonds is 10. The van der Waals surface area contributed by atoms with E-state index in [4.69, 9.17) is 4.74 Å². The number of aromatic nitrogens is 3. The van der Waals surface area contributed by atoms with E-state index in [1.807, 2.05) is 24.3 Å². The Labute approximate surface area is 182 Å². The zero-order valence-corrected chi connectivity index (χ0v) is 18.8. The van der Waals surface area contributed by atoms with Crippen LogP contribution in [0.5, 0.6) is 5.75 Å². The van der Waals surface area contributed by atoms with Gasteiger partial charge in [-0.15, -0.1) is 0 Å². The van der Waals surface area contributed by atoms with Crippen molar-refractivity contribution in [2.45, 2.75) is 24.8 Å². The summed E-state index contributed by atoms with van der Waals surface area (Å²) in [7, 11) is -6.87. The molecular formula is C20H24N4O5S2. The second kappa shape index (κ2) is 9.58. The third kappa shape index (κ3) is 6.12. The number of benzene rings is 2. The van der Waals surface area contributed by atoms with Crippen molar-refractivity contribution in [1.29, 1.82) is 0 Å². The molecule has 166 valence electrons. The number of nitrogens with one attached hydrogen (secondary N) is 1. The molecule has 1 heterocycles. The maximum atomic E-state index is 12.7. The van der Waals surface area contributed by atoms with Crippen LogP contribution in [0.15, 0.2) is 66.1 Å². The molecule has 0 aliphatic rings. The molecule has 9 nitrogen and oxygen atoms in total. The number of ether oxygens (including phenoxy) is 1. The lowest BCUT2D eigenvalue weighted by atomic mass is 10.1. The summed E-state index contributed by atoms with van der Waals surface area (Å²) in [5.41, 5.74) is 1.61. The number of hydrogen-bond acceptors (Lipinski definition) is 7. The van der Waals surface area contributed by atoms with E-state index < -0.39 is 25.9 Å². The van der Waals surface area contributed by atoms with E-state index in [0.29, 0.717) is 5.75 Å². The first-order valence-corrected chi connectivity index (χ1v) is 12.9. The molecule has 0 saturated heterocycles. The normalized spacial score (nSPS) is 13.1. The van der Waals surface area contributed by atoms with E-state index in [2.05, 4.69) is 14.8 Å². The van der Waals surface area contributed by atoms with E-state index >= 15 is 0 Å². The summed E-state index contributed by atoms with van der Waals surface area (Å²) in [5.74, 6) is 0.376. The Morgan fingerprint density at radius 2 is 1.71 bits per heavy atom. The van der Waals surface area contributed by atoms with Crippen LogP contribution in [-0.4, -0.2) is 49.7 Å². The van der Waals surface area contributed by atoms with Gasteiger partial charge in [-0.2, -0.15) is 5.10 Å². The molecule has 11 heteroatoms. The predicted octanol–water partition coefficient (Wildman–Crippen LogP) is 2.12. The Hall–Kier alpha value is -2.76. The van der Waals surface area contributed by atoms with Gasteiger partial charge < -0.3 is 4.74 Å². The van der Waals surface area contributed by atoms with Gasteiger partial charge in [0, 0.05) is 11.8 Å². The van der Waals surface area contributed by atoms with Crippen LogP contribution in [0.2, 0.25) is 0 Å².